The number of ether oxygens (including phenoxy) is 1. The maximum atomic E-state index is 12.1. The number of carbonyl (C=O) groups is 2. The first kappa shape index (κ1) is 47.1. The number of esters is 1. The van der Waals surface area contributed by atoms with Crippen molar-refractivity contribution in [3.05, 3.63) is 116 Å². The number of hydrogen-bond acceptors (Lipinski definition) is 12. The van der Waals surface area contributed by atoms with Crippen LogP contribution in [0.4, 0.5) is 11.4 Å². The van der Waals surface area contributed by atoms with Gasteiger partial charge in [-0.3, -0.25) is 10.0 Å². The van der Waals surface area contributed by atoms with Gasteiger partial charge in [-0.25, -0.2) is 19.6 Å². The molecule has 2 N–H and O–H groups in total. The van der Waals surface area contributed by atoms with Crippen molar-refractivity contribution in [3.63, 3.8) is 0 Å². The summed E-state index contributed by atoms with van der Waals surface area (Å²) in [5.41, 5.74) is 8.94. The van der Waals surface area contributed by atoms with Crippen LogP contribution in [0.1, 0.15) is 126 Å². The molecule has 64 heavy (non-hydrogen) atoms. The minimum Gasteiger partial charge on any atom is -0.870 e. The Bertz CT molecular complexity index is 2600. The molecule has 2 aromatic carbocycles. The summed E-state index contributed by atoms with van der Waals surface area (Å²) in [7, 11) is 0. The quantitative estimate of drug-likeness (QED) is 0.155. The summed E-state index contributed by atoms with van der Waals surface area (Å²) in [5.74, 6) is 0.333. The van der Waals surface area contributed by atoms with Crippen LogP contribution in [0.15, 0.2) is 70.9 Å². The smallest absolute Gasteiger partial charge is 0.870 e. The van der Waals surface area contributed by atoms with Crippen LogP contribution in [-0.2, 0) is 17.6 Å². The molecule has 0 spiro atoms. The van der Waals surface area contributed by atoms with Gasteiger partial charge in [0.2, 0.25) is 0 Å². The minimum absolute atomic E-state index is 0. The van der Waals surface area contributed by atoms with Crippen molar-refractivity contribution < 1.29 is 54.5 Å². The molecule has 4 aromatic rings. The number of nitrogens with zero attached hydrogens (tertiary/aromatic N) is 8. The van der Waals surface area contributed by atoms with E-state index in [1.54, 1.807) is 31.2 Å². The van der Waals surface area contributed by atoms with E-state index in [1.165, 1.54) is 51.4 Å². The first-order chi connectivity index (χ1) is 30.2. The Kier molecular flexibility index (Phi) is 14.8. The van der Waals surface area contributed by atoms with Gasteiger partial charge in [-0.2, -0.15) is 20.7 Å². The third-order valence-electron chi connectivity index (χ3n) is 13.6. The minimum atomic E-state index is -1.01. The van der Waals surface area contributed by atoms with Crippen molar-refractivity contribution in [1.29, 1.82) is 10.5 Å². The molecule has 10 rings (SSSR count). The number of hydrogen-bond donors (Lipinski definition) is 1. The average molecular weight is 910 g/mol. The van der Waals surface area contributed by atoms with Crippen molar-refractivity contribution in [2.24, 2.45) is 33.9 Å². The zero-order valence-electron chi connectivity index (χ0n) is 35.9. The number of aromatic carboxylic acids is 1. The second-order valence-electron chi connectivity index (χ2n) is 17.0. The molecule has 2 saturated carbocycles. The fourth-order valence-corrected chi connectivity index (χ4v) is 11.2. The van der Waals surface area contributed by atoms with E-state index in [9.17, 15) is 25.2 Å². The molecule has 0 radical (unpaired) electrons. The summed E-state index contributed by atoms with van der Waals surface area (Å²) in [5, 5.41) is 43.0. The molecule has 4 aliphatic carbocycles. The Morgan fingerprint density at radius 1 is 0.703 bits per heavy atom. The summed E-state index contributed by atoms with van der Waals surface area (Å²) >= 11 is 12.7. The predicted octanol–water partition coefficient (Wildman–Crippen LogP) is 6.61. The molecule has 16 heteroatoms. The van der Waals surface area contributed by atoms with Gasteiger partial charge >= 0.3 is 41.5 Å². The molecule has 13 nitrogen and oxygen atoms in total. The molecule has 0 bridgehead atoms. The van der Waals surface area contributed by atoms with E-state index in [0.717, 1.165) is 71.0 Å². The van der Waals surface area contributed by atoms with Crippen molar-refractivity contribution in [2.45, 2.75) is 96.1 Å². The van der Waals surface area contributed by atoms with Crippen molar-refractivity contribution in [1.82, 2.24) is 9.97 Å². The molecular formula is C48H47Cl2N8NaO5. The third kappa shape index (κ3) is 8.91. The fraction of sp³-hybridized carbons (Fsp3) is 0.417. The first-order valence-electron chi connectivity index (χ1n) is 21.7. The Hall–Kier alpha value is -4.86. The Morgan fingerprint density at radius 3 is 1.55 bits per heavy atom. The van der Waals surface area contributed by atoms with Gasteiger partial charge in [0.15, 0.2) is 0 Å². The normalized spacial score (nSPS) is 21.8. The van der Waals surface area contributed by atoms with Crippen molar-refractivity contribution in [2.75, 3.05) is 16.6 Å². The number of pyridine rings is 2. The molecule has 2 aliphatic heterocycles. The van der Waals surface area contributed by atoms with E-state index >= 15 is 0 Å². The molecule has 0 amide bonds. The van der Waals surface area contributed by atoms with Crippen LogP contribution >= 0.6 is 23.2 Å². The second kappa shape index (κ2) is 20.1. The number of halogens is 2. The standard InChI is InChI=1S/C25H25ClN4O2.C23H21ClN4O2.Na.H2O/c1-2-32-25(31)22-12-9-18-21(28-22)11-10-19-23(18)29-30(24(19)15-5-3-4-6-15)17-8-7-16(14-27)20(26)13-17;24-18-11-15(6-5-14(18)12-25)28-22(13-3-1-2-4-13)17-8-9-19-16(21(17)27-28)7-10-20(26-19)23(29)30;;/h7-9,12-13,15,19,24H,2-6,10-11H2,1H3;5-7,10-11,13,17,22H,1-4,8-9H2,(H,29,30);;1H2/q;;+1;/p-1. The van der Waals surface area contributed by atoms with Gasteiger partial charge in [-0.1, -0.05) is 48.9 Å². The van der Waals surface area contributed by atoms with Crippen molar-refractivity contribution >= 4 is 57.9 Å². The van der Waals surface area contributed by atoms with Crippen LogP contribution < -0.4 is 39.6 Å². The van der Waals surface area contributed by atoms with Crippen LogP contribution in [-0.4, -0.2) is 62.6 Å². The zero-order chi connectivity index (χ0) is 43.1. The Morgan fingerprint density at radius 2 is 1.14 bits per heavy atom. The SMILES string of the molecule is CCOC(=O)c1ccc2c(n1)CCC1C2=NN(c2ccc(C#N)c(Cl)c2)C1C1CCCC1.N#Cc1ccc(N2N=C3c4ccc(C(=O)O)nc4CCC3C2C2CCCC2)cc1Cl.[Na+].[OH-]. The van der Waals surface area contributed by atoms with Crippen LogP contribution in [0.3, 0.4) is 0 Å². The maximum Gasteiger partial charge on any atom is 1.00 e. The van der Waals surface area contributed by atoms with E-state index in [2.05, 4.69) is 32.1 Å². The van der Waals surface area contributed by atoms with Crippen LogP contribution in [0.5, 0.6) is 0 Å². The van der Waals surface area contributed by atoms with Gasteiger partial charge in [-0.05, 0) is 131 Å². The average Bonchev–Trinajstić information content (AvgIpc) is 4.13. The monoisotopic (exact) mass is 908 g/mol. The molecule has 6 aliphatic rings. The number of carboxylic acids is 1. The van der Waals surface area contributed by atoms with E-state index in [4.69, 9.17) is 38.1 Å². The van der Waals surface area contributed by atoms with Gasteiger partial charge in [0.1, 0.15) is 23.5 Å². The third-order valence-corrected chi connectivity index (χ3v) is 14.2. The molecule has 4 heterocycles. The molecule has 2 fully saturated rings. The second-order valence-corrected chi connectivity index (χ2v) is 17.8. The largest absolute Gasteiger partial charge is 1.00 e. The molecular weight excluding hydrogens is 862 g/mol. The van der Waals surface area contributed by atoms with E-state index < -0.39 is 5.97 Å². The number of fused-ring (bicyclic) bond motifs is 6. The summed E-state index contributed by atoms with van der Waals surface area (Å²) < 4.78 is 5.12. The van der Waals surface area contributed by atoms with Gasteiger partial charge in [0.25, 0.3) is 0 Å². The van der Waals surface area contributed by atoms with Crippen molar-refractivity contribution in [3.8, 4) is 12.1 Å². The predicted molar refractivity (Wildman–Crippen MR) is 239 cm³/mol. The number of benzene rings is 2. The summed E-state index contributed by atoms with van der Waals surface area (Å²) in [6, 6.07) is 23.0. The number of carboxylic acid groups (broad SMARTS) is 1. The number of aromatic nitrogens is 2. The van der Waals surface area contributed by atoms with Gasteiger partial charge in [0, 0.05) is 23.0 Å². The van der Waals surface area contributed by atoms with Gasteiger partial charge < -0.3 is 15.3 Å². The molecule has 0 saturated heterocycles. The molecule has 4 unspecified atom stereocenters. The maximum absolute atomic E-state index is 12.1. The summed E-state index contributed by atoms with van der Waals surface area (Å²) in [4.78, 5) is 32.5. The number of anilines is 2. The van der Waals surface area contributed by atoms with E-state index in [1.807, 2.05) is 36.4 Å². The molecule has 324 valence electrons. The van der Waals surface area contributed by atoms with Crippen LogP contribution in [0.25, 0.3) is 0 Å². The first-order valence-corrected chi connectivity index (χ1v) is 22.5. The molecule has 2 aromatic heterocycles. The Labute approximate surface area is 404 Å². The topological polar surface area (TPSA) is 198 Å². The number of carbonyl (C=O) groups excluding carboxylic acids is 1. The van der Waals surface area contributed by atoms with Crippen LogP contribution in [0, 0.1) is 46.3 Å². The zero-order valence-corrected chi connectivity index (χ0v) is 39.4. The van der Waals surface area contributed by atoms with E-state index in [0.29, 0.717) is 51.2 Å². The Balaban J connectivity index is 0.000000186. The number of aryl methyl sites for hydroxylation is 2. The molecule has 4 atom stereocenters. The summed E-state index contributed by atoms with van der Waals surface area (Å²) in [6.45, 7) is 2.12. The van der Waals surface area contributed by atoms with Gasteiger partial charge in [0.05, 0.1) is 74.0 Å². The summed E-state index contributed by atoms with van der Waals surface area (Å²) in [6.07, 6.45) is 13.2. The number of nitriles is 2. The van der Waals surface area contributed by atoms with Gasteiger partial charge in [-0.15, -0.1) is 0 Å². The fourth-order valence-electron chi connectivity index (χ4n) is 10.8. The number of rotatable bonds is 7. The van der Waals surface area contributed by atoms with Crippen LogP contribution in [0.2, 0.25) is 10.0 Å². The number of hydrazone groups is 2. The van der Waals surface area contributed by atoms with E-state index in [-0.39, 0.29) is 64.7 Å².